The smallest absolute Gasteiger partial charge is 0.307 e. The number of nitrogens with one attached hydrogen (secondary N) is 1. The van der Waals surface area contributed by atoms with Gasteiger partial charge in [0.25, 0.3) is 0 Å². The Hall–Kier alpha value is -2.41. The third-order valence-corrected chi connectivity index (χ3v) is 4.85. The quantitative estimate of drug-likeness (QED) is 0.773. The predicted octanol–water partition coefficient (Wildman–Crippen LogP) is -0.0652. The first-order valence-corrected chi connectivity index (χ1v) is 8.51. The van der Waals surface area contributed by atoms with E-state index in [-0.39, 0.29) is 24.8 Å². The van der Waals surface area contributed by atoms with E-state index in [0.29, 0.717) is 26.2 Å². The molecule has 2 heterocycles. The van der Waals surface area contributed by atoms with Gasteiger partial charge in [0.05, 0.1) is 20.1 Å². The highest BCUT2D eigenvalue weighted by molar-refractivity contribution is 5.88. The molecule has 0 bridgehead atoms. The zero-order valence-electron chi connectivity index (χ0n) is 14.4. The highest BCUT2D eigenvalue weighted by Crippen LogP contribution is 2.19. The molecule has 2 aliphatic heterocycles. The van der Waals surface area contributed by atoms with Crippen LogP contribution >= 0.6 is 0 Å². The molecule has 3 rings (SSSR count). The second-order valence-corrected chi connectivity index (χ2v) is 6.39. The lowest BCUT2D eigenvalue weighted by Crippen LogP contribution is -2.58. The Morgan fingerprint density at radius 2 is 2.00 bits per heavy atom. The molecule has 0 aliphatic carbocycles. The number of amides is 2. The van der Waals surface area contributed by atoms with Gasteiger partial charge in [-0.3, -0.25) is 19.3 Å². The molecule has 1 aromatic carbocycles. The molecule has 1 N–H and O–H groups in total. The number of ether oxygens (including phenoxy) is 1. The van der Waals surface area contributed by atoms with Crippen LogP contribution in [0.25, 0.3) is 0 Å². The van der Waals surface area contributed by atoms with Gasteiger partial charge in [0.15, 0.2) is 0 Å². The average molecular weight is 345 g/mol. The summed E-state index contributed by atoms with van der Waals surface area (Å²) in [5.74, 6) is -0.695. The lowest BCUT2D eigenvalue weighted by Gasteiger charge is -2.36. The predicted molar refractivity (Wildman–Crippen MR) is 90.6 cm³/mol. The van der Waals surface area contributed by atoms with Crippen molar-refractivity contribution in [3.8, 4) is 0 Å². The standard InChI is InChI=1S/C18H23N3O4/c1-25-17(23)10-15-18(24)19-7-9-20(15)12-16(22)21-8-6-13-4-2-3-5-14(13)11-21/h2-5,15H,6-12H2,1H3,(H,19,24)/t15-/m1/s1. The highest BCUT2D eigenvalue weighted by atomic mass is 16.5. The number of carbonyl (C=O) groups is 3. The van der Waals surface area contributed by atoms with Crippen LogP contribution < -0.4 is 5.32 Å². The normalized spacial score (nSPS) is 20.6. The van der Waals surface area contributed by atoms with Crippen molar-refractivity contribution in [2.75, 3.05) is 33.3 Å². The van der Waals surface area contributed by atoms with Crippen LogP contribution in [0.5, 0.6) is 0 Å². The fourth-order valence-electron chi connectivity index (χ4n) is 3.40. The van der Waals surface area contributed by atoms with Crippen LogP contribution in [0.3, 0.4) is 0 Å². The Labute approximate surface area is 146 Å². The molecule has 1 saturated heterocycles. The van der Waals surface area contributed by atoms with E-state index in [1.165, 1.54) is 18.2 Å². The molecule has 0 aromatic heterocycles. The van der Waals surface area contributed by atoms with Crippen LogP contribution in [-0.2, 0) is 32.1 Å². The molecule has 2 amide bonds. The van der Waals surface area contributed by atoms with E-state index in [4.69, 9.17) is 0 Å². The molecular weight excluding hydrogens is 322 g/mol. The summed E-state index contributed by atoms with van der Waals surface area (Å²) in [5, 5.41) is 2.74. The number of hydrogen-bond donors (Lipinski definition) is 1. The number of carbonyl (C=O) groups excluding carboxylic acids is 3. The summed E-state index contributed by atoms with van der Waals surface area (Å²) in [4.78, 5) is 40.0. The van der Waals surface area contributed by atoms with Crippen LogP contribution in [-0.4, -0.2) is 66.9 Å². The molecule has 134 valence electrons. The summed E-state index contributed by atoms with van der Waals surface area (Å²) in [7, 11) is 1.30. The van der Waals surface area contributed by atoms with E-state index < -0.39 is 12.0 Å². The van der Waals surface area contributed by atoms with E-state index in [1.54, 1.807) is 4.90 Å². The van der Waals surface area contributed by atoms with Crippen LogP contribution in [0.1, 0.15) is 17.5 Å². The van der Waals surface area contributed by atoms with Gasteiger partial charge in [-0.05, 0) is 17.5 Å². The number of methoxy groups -OCH3 is 1. The number of piperazine rings is 1. The summed E-state index contributed by atoms with van der Waals surface area (Å²) in [6, 6.07) is 7.48. The molecule has 25 heavy (non-hydrogen) atoms. The molecule has 1 fully saturated rings. The molecule has 1 atom stereocenters. The minimum atomic E-state index is -0.651. The first-order chi connectivity index (χ1) is 12.1. The SMILES string of the molecule is COC(=O)C[C@@H]1C(=O)NCCN1CC(=O)N1CCc2ccccc2C1. The van der Waals surface area contributed by atoms with Crippen molar-refractivity contribution in [2.45, 2.75) is 25.4 Å². The van der Waals surface area contributed by atoms with E-state index in [2.05, 4.69) is 16.1 Å². The van der Waals surface area contributed by atoms with E-state index in [1.807, 2.05) is 23.1 Å². The van der Waals surface area contributed by atoms with Crippen LogP contribution in [0.4, 0.5) is 0 Å². The Bertz CT molecular complexity index is 676. The van der Waals surface area contributed by atoms with Crippen molar-refractivity contribution in [1.29, 1.82) is 0 Å². The molecular formula is C18H23N3O4. The second kappa shape index (κ2) is 7.65. The fourth-order valence-corrected chi connectivity index (χ4v) is 3.40. The summed E-state index contributed by atoms with van der Waals surface area (Å²) >= 11 is 0. The van der Waals surface area contributed by atoms with Gasteiger partial charge in [-0.15, -0.1) is 0 Å². The maximum absolute atomic E-state index is 12.7. The van der Waals surface area contributed by atoms with Gasteiger partial charge in [-0.1, -0.05) is 24.3 Å². The maximum atomic E-state index is 12.7. The fraction of sp³-hybridized carbons (Fsp3) is 0.500. The van der Waals surface area contributed by atoms with E-state index in [0.717, 1.165) is 6.42 Å². The van der Waals surface area contributed by atoms with Crippen LogP contribution in [0.2, 0.25) is 0 Å². The van der Waals surface area contributed by atoms with Crippen molar-refractivity contribution in [1.82, 2.24) is 15.1 Å². The van der Waals surface area contributed by atoms with Crippen molar-refractivity contribution in [3.63, 3.8) is 0 Å². The third kappa shape index (κ3) is 3.99. The molecule has 0 radical (unpaired) electrons. The first-order valence-electron chi connectivity index (χ1n) is 8.51. The largest absolute Gasteiger partial charge is 0.469 e. The van der Waals surface area contributed by atoms with E-state index in [9.17, 15) is 14.4 Å². The van der Waals surface area contributed by atoms with Crippen LogP contribution in [0.15, 0.2) is 24.3 Å². The van der Waals surface area contributed by atoms with Crippen LogP contribution in [0, 0.1) is 0 Å². The molecule has 7 nitrogen and oxygen atoms in total. The zero-order valence-corrected chi connectivity index (χ0v) is 14.4. The molecule has 0 unspecified atom stereocenters. The summed E-state index contributed by atoms with van der Waals surface area (Å²) in [6.07, 6.45) is 0.798. The molecule has 7 heteroatoms. The van der Waals surface area contributed by atoms with Gasteiger partial charge in [-0.25, -0.2) is 0 Å². The number of nitrogens with zero attached hydrogens (tertiary/aromatic N) is 2. The topological polar surface area (TPSA) is 79.0 Å². The lowest BCUT2D eigenvalue weighted by molar-refractivity contribution is -0.147. The number of benzene rings is 1. The lowest BCUT2D eigenvalue weighted by atomic mass is 10.00. The van der Waals surface area contributed by atoms with Gasteiger partial charge in [0.2, 0.25) is 11.8 Å². The molecule has 1 aromatic rings. The monoisotopic (exact) mass is 345 g/mol. The van der Waals surface area contributed by atoms with E-state index >= 15 is 0 Å². The Morgan fingerprint density at radius 3 is 2.76 bits per heavy atom. The van der Waals surface area contributed by atoms with Crippen molar-refractivity contribution in [3.05, 3.63) is 35.4 Å². The minimum absolute atomic E-state index is 0.0148. The van der Waals surface area contributed by atoms with Crippen molar-refractivity contribution >= 4 is 17.8 Å². The Balaban J connectivity index is 1.64. The molecule has 0 saturated carbocycles. The van der Waals surface area contributed by atoms with Gasteiger partial charge >= 0.3 is 5.97 Å². The summed E-state index contributed by atoms with van der Waals surface area (Å²) in [6.45, 7) is 2.43. The highest BCUT2D eigenvalue weighted by Gasteiger charge is 2.34. The van der Waals surface area contributed by atoms with Crippen molar-refractivity contribution in [2.24, 2.45) is 0 Å². The van der Waals surface area contributed by atoms with Gasteiger partial charge < -0.3 is 15.0 Å². The third-order valence-electron chi connectivity index (χ3n) is 4.85. The summed E-state index contributed by atoms with van der Waals surface area (Å²) < 4.78 is 4.67. The Morgan fingerprint density at radius 1 is 1.24 bits per heavy atom. The minimum Gasteiger partial charge on any atom is -0.469 e. The average Bonchev–Trinajstić information content (AvgIpc) is 2.63. The number of rotatable bonds is 4. The van der Waals surface area contributed by atoms with Gasteiger partial charge in [0, 0.05) is 26.2 Å². The first kappa shape index (κ1) is 17.4. The second-order valence-electron chi connectivity index (χ2n) is 6.39. The number of esters is 1. The van der Waals surface area contributed by atoms with Gasteiger partial charge in [0.1, 0.15) is 6.04 Å². The summed E-state index contributed by atoms with van der Waals surface area (Å²) in [5.41, 5.74) is 2.46. The maximum Gasteiger partial charge on any atom is 0.307 e. The molecule has 0 spiro atoms. The molecule has 2 aliphatic rings. The van der Waals surface area contributed by atoms with Gasteiger partial charge in [-0.2, -0.15) is 0 Å². The van der Waals surface area contributed by atoms with Crippen molar-refractivity contribution < 1.29 is 19.1 Å². The number of hydrogen-bond acceptors (Lipinski definition) is 5. The zero-order chi connectivity index (χ0) is 17.8. The Kier molecular flexibility index (Phi) is 5.33. The number of fused-ring (bicyclic) bond motifs is 1.